The Balaban J connectivity index is 0.000000564. The fourth-order valence-corrected chi connectivity index (χ4v) is 4.00. The number of benzene rings is 1. The lowest BCUT2D eigenvalue weighted by molar-refractivity contribution is -0.870. The lowest BCUT2D eigenvalue weighted by atomic mass is 10.1. The quantitative estimate of drug-likeness (QED) is 0.246. The molecule has 0 aromatic heterocycles. The van der Waals surface area contributed by atoms with E-state index in [1.54, 1.807) is 0 Å². The monoisotopic (exact) mass is 466 g/mol. The highest BCUT2D eigenvalue weighted by Crippen LogP contribution is 2.15. The first kappa shape index (κ1) is 29.0. The molecule has 0 amide bonds. The van der Waals surface area contributed by atoms with Gasteiger partial charge in [-0.05, 0) is 31.0 Å². The van der Waals surface area contributed by atoms with Gasteiger partial charge in [-0.1, -0.05) is 64.4 Å². The average molecular weight is 467 g/mol. The molecule has 0 aliphatic carbocycles. The summed E-state index contributed by atoms with van der Waals surface area (Å²) < 4.78 is 60.6. The topological polar surface area (TPSA) is 109 Å². The van der Waals surface area contributed by atoms with Crippen LogP contribution in [0.2, 0.25) is 0 Å². The van der Waals surface area contributed by atoms with Crippen LogP contribution in [0, 0.1) is 0 Å². The molecule has 0 saturated heterocycles. The summed E-state index contributed by atoms with van der Waals surface area (Å²) in [6.07, 6.45) is 14.4. The molecule has 0 spiro atoms. The Morgan fingerprint density at radius 3 is 1.40 bits per heavy atom. The average Bonchev–Trinajstić information content (AvgIpc) is 2.62. The van der Waals surface area contributed by atoms with Gasteiger partial charge in [0.2, 0.25) is 0 Å². The molecule has 0 saturated carbocycles. The highest BCUT2D eigenvalue weighted by atomic mass is 32.2. The van der Waals surface area contributed by atoms with E-state index >= 15 is 0 Å². The third-order valence-electron chi connectivity index (χ3n) is 4.58. The predicted molar refractivity (Wildman–Crippen MR) is 121 cm³/mol. The summed E-state index contributed by atoms with van der Waals surface area (Å²) in [5, 5.41) is 0. The number of hydrogen-bond acceptors (Lipinski definition) is 4. The highest BCUT2D eigenvalue weighted by Gasteiger charge is 2.15. The van der Waals surface area contributed by atoms with Crippen LogP contribution in [-0.2, 0) is 20.2 Å². The molecule has 0 unspecified atom stereocenters. The van der Waals surface area contributed by atoms with E-state index in [-0.39, 0.29) is 0 Å². The van der Waals surface area contributed by atoms with Crippen molar-refractivity contribution in [1.82, 2.24) is 0 Å². The minimum atomic E-state index is -4.46. The molecular formula is C21H40NO6S2+. The SMILES string of the molecule is CCCCCCCCCCCC[N+](C)(C)C.O=S(=O)(O)c1cccc(S(=O)(=O)O)c1. The molecule has 176 valence electrons. The second-order valence-electron chi connectivity index (χ2n) is 8.62. The molecule has 1 rings (SSSR count). The number of hydrogen-bond donors (Lipinski definition) is 2. The van der Waals surface area contributed by atoms with Gasteiger partial charge in [0.05, 0.1) is 37.5 Å². The fraction of sp³-hybridized carbons (Fsp3) is 0.714. The molecule has 0 aliphatic rings. The zero-order chi connectivity index (χ0) is 23.3. The van der Waals surface area contributed by atoms with Crippen molar-refractivity contribution >= 4 is 20.2 Å². The van der Waals surface area contributed by atoms with Gasteiger partial charge in [-0.2, -0.15) is 16.8 Å². The molecule has 0 bridgehead atoms. The molecule has 0 atom stereocenters. The molecule has 0 radical (unpaired) electrons. The Hall–Kier alpha value is -1.00. The van der Waals surface area contributed by atoms with Crippen LogP contribution in [0.4, 0.5) is 0 Å². The van der Waals surface area contributed by atoms with Crippen LogP contribution in [0.3, 0.4) is 0 Å². The van der Waals surface area contributed by atoms with E-state index in [0.717, 1.165) is 22.7 Å². The highest BCUT2D eigenvalue weighted by molar-refractivity contribution is 7.86. The number of nitrogens with zero attached hydrogens (tertiary/aromatic N) is 1. The fourth-order valence-electron chi connectivity index (χ4n) is 2.87. The summed E-state index contributed by atoms with van der Waals surface area (Å²) in [5.41, 5.74) is 0. The zero-order valence-electron chi connectivity index (χ0n) is 18.9. The molecule has 0 aliphatic heterocycles. The molecule has 0 heterocycles. The van der Waals surface area contributed by atoms with Gasteiger partial charge in [-0.15, -0.1) is 0 Å². The van der Waals surface area contributed by atoms with Crippen molar-refractivity contribution < 1.29 is 30.4 Å². The third kappa shape index (κ3) is 15.8. The second kappa shape index (κ2) is 14.1. The predicted octanol–water partition coefficient (Wildman–Crippen LogP) is 4.79. The van der Waals surface area contributed by atoms with Crippen molar-refractivity contribution in [2.75, 3.05) is 27.7 Å². The van der Waals surface area contributed by atoms with Crippen LogP contribution >= 0.6 is 0 Å². The Labute approximate surface area is 183 Å². The van der Waals surface area contributed by atoms with Crippen LogP contribution in [0.25, 0.3) is 0 Å². The van der Waals surface area contributed by atoms with E-state index in [2.05, 4.69) is 28.1 Å². The first-order valence-corrected chi connectivity index (χ1v) is 13.5. The van der Waals surface area contributed by atoms with Gasteiger partial charge >= 0.3 is 0 Å². The van der Waals surface area contributed by atoms with E-state index in [1.165, 1.54) is 70.8 Å². The van der Waals surface area contributed by atoms with Gasteiger partial charge < -0.3 is 4.48 Å². The molecule has 9 heteroatoms. The van der Waals surface area contributed by atoms with Crippen molar-refractivity contribution in [3.8, 4) is 0 Å². The van der Waals surface area contributed by atoms with Crippen LogP contribution in [-0.4, -0.2) is 58.1 Å². The summed E-state index contributed by atoms with van der Waals surface area (Å²) in [5.74, 6) is 0. The maximum Gasteiger partial charge on any atom is 0.294 e. The lowest BCUT2D eigenvalue weighted by Gasteiger charge is -2.23. The zero-order valence-corrected chi connectivity index (χ0v) is 20.5. The van der Waals surface area contributed by atoms with E-state index < -0.39 is 30.0 Å². The van der Waals surface area contributed by atoms with E-state index in [4.69, 9.17) is 9.11 Å². The van der Waals surface area contributed by atoms with Crippen molar-refractivity contribution in [3.05, 3.63) is 24.3 Å². The second-order valence-corrected chi connectivity index (χ2v) is 11.5. The Morgan fingerprint density at radius 1 is 0.700 bits per heavy atom. The minimum absolute atomic E-state index is 0.590. The Kier molecular flexibility index (Phi) is 13.7. The van der Waals surface area contributed by atoms with Crippen LogP contribution in [0.5, 0.6) is 0 Å². The van der Waals surface area contributed by atoms with E-state index in [9.17, 15) is 16.8 Å². The lowest BCUT2D eigenvalue weighted by Crippen LogP contribution is -2.35. The molecule has 2 N–H and O–H groups in total. The maximum atomic E-state index is 10.6. The van der Waals surface area contributed by atoms with E-state index in [0.29, 0.717) is 6.07 Å². The summed E-state index contributed by atoms with van der Waals surface area (Å²) >= 11 is 0. The number of quaternary nitrogens is 1. The molecule has 1 aromatic rings. The number of unbranched alkanes of at least 4 members (excludes halogenated alkanes) is 9. The van der Waals surface area contributed by atoms with Crippen molar-refractivity contribution in [2.45, 2.75) is 80.9 Å². The summed E-state index contributed by atoms with van der Waals surface area (Å²) in [7, 11) is -2.07. The number of rotatable bonds is 13. The molecular weight excluding hydrogens is 426 g/mol. The smallest absolute Gasteiger partial charge is 0.294 e. The Bertz CT molecular complexity index is 752. The summed E-state index contributed by atoms with van der Waals surface area (Å²) in [6, 6.07) is 3.75. The molecule has 30 heavy (non-hydrogen) atoms. The van der Waals surface area contributed by atoms with Gasteiger partial charge in [0, 0.05) is 0 Å². The molecule has 1 aromatic carbocycles. The largest absolute Gasteiger partial charge is 0.331 e. The normalized spacial score (nSPS) is 12.3. The standard InChI is InChI=1S/C15H34N.C6H6O6S2/c1-5-6-7-8-9-10-11-12-13-14-15-16(2,3)4;7-13(8,9)5-2-1-3-6(4-5)14(10,11)12/h5-15H2,1-4H3;1-4H,(H,7,8,9)(H,10,11,12)/q+1;. The summed E-state index contributed by atoms with van der Waals surface area (Å²) in [6.45, 7) is 3.62. The van der Waals surface area contributed by atoms with Gasteiger partial charge in [0.25, 0.3) is 20.2 Å². The van der Waals surface area contributed by atoms with Crippen molar-refractivity contribution in [3.63, 3.8) is 0 Å². The van der Waals surface area contributed by atoms with Crippen molar-refractivity contribution in [2.24, 2.45) is 0 Å². The van der Waals surface area contributed by atoms with Crippen LogP contribution < -0.4 is 0 Å². The third-order valence-corrected chi connectivity index (χ3v) is 6.28. The molecule has 7 nitrogen and oxygen atoms in total. The summed E-state index contributed by atoms with van der Waals surface area (Å²) in [4.78, 5) is -1.18. The van der Waals surface area contributed by atoms with Gasteiger partial charge in [-0.3, -0.25) is 9.11 Å². The molecule has 0 fully saturated rings. The van der Waals surface area contributed by atoms with Crippen molar-refractivity contribution in [1.29, 1.82) is 0 Å². The van der Waals surface area contributed by atoms with Crippen LogP contribution in [0.1, 0.15) is 71.1 Å². The van der Waals surface area contributed by atoms with E-state index in [1.807, 2.05) is 0 Å². The Morgan fingerprint density at radius 2 is 1.07 bits per heavy atom. The first-order chi connectivity index (χ1) is 13.8. The first-order valence-electron chi connectivity index (χ1n) is 10.6. The van der Waals surface area contributed by atoms with Crippen LogP contribution in [0.15, 0.2) is 34.1 Å². The van der Waals surface area contributed by atoms with Gasteiger partial charge in [-0.25, -0.2) is 0 Å². The maximum absolute atomic E-state index is 10.6. The van der Waals surface area contributed by atoms with Gasteiger partial charge in [0.15, 0.2) is 0 Å². The minimum Gasteiger partial charge on any atom is -0.331 e. The van der Waals surface area contributed by atoms with Gasteiger partial charge in [0.1, 0.15) is 0 Å².